The van der Waals surface area contributed by atoms with Crippen molar-refractivity contribution in [2.75, 3.05) is 19.0 Å². The monoisotopic (exact) mass is 389 g/mol. The molecule has 1 N–H and O–H groups in total. The lowest BCUT2D eigenvalue weighted by Gasteiger charge is -2.33. The largest absolute Gasteiger partial charge is 0.416 e. The van der Waals surface area contributed by atoms with Crippen molar-refractivity contribution in [1.82, 2.24) is 15.4 Å². The van der Waals surface area contributed by atoms with Gasteiger partial charge < -0.3 is 14.6 Å². The molecule has 0 saturated carbocycles. The number of thioether (sulfide) groups is 1. The molecule has 1 fully saturated rings. The number of aromatic nitrogens is 1. The maximum Gasteiger partial charge on any atom is 0.416 e. The van der Waals surface area contributed by atoms with Gasteiger partial charge in [-0.25, -0.2) is 4.79 Å². The number of nitrogens with one attached hydrogen (secondary N) is 1. The predicted octanol–water partition coefficient (Wildman–Crippen LogP) is 4.04. The average molecular weight is 390 g/mol. The Labute approximate surface area is 164 Å². The van der Waals surface area contributed by atoms with Crippen LogP contribution in [0, 0.1) is 20.8 Å². The number of para-hydroxylation sites is 1. The third-order valence-corrected chi connectivity index (χ3v) is 5.89. The summed E-state index contributed by atoms with van der Waals surface area (Å²) in [7, 11) is 0. The first kappa shape index (κ1) is 19.8. The molecule has 0 unspecified atom stereocenters. The van der Waals surface area contributed by atoms with E-state index in [0.717, 1.165) is 54.3 Å². The van der Waals surface area contributed by atoms with E-state index in [-0.39, 0.29) is 12.1 Å². The van der Waals surface area contributed by atoms with E-state index in [1.165, 1.54) is 0 Å². The molecule has 1 amide bonds. The van der Waals surface area contributed by atoms with Crippen molar-refractivity contribution in [3.05, 3.63) is 46.8 Å². The quantitative estimate of drug-likeness (QED) is 0.752. The Morgan fingerprint density at radius 2 is 2.04 bits per heavy atom. The fourth-order valence-corrected chi connectivity index (χ4v) is 4.42. The molecule has 0 aliphatic carbocycles. The van der Waals surface area contributed by atoms with Crippen LogP contribution in [0.1, 0.15) is 35.4 Å². The van der Waals surface area contributed by atoms with E-state index in [4.69, 9.17) is 9.26 Å². The van der Waals surface area contributed by atoms with E-state index < -0.39 is 0 Å². The number of aryl methyl sites for hydroxylation is 3. The number of rotatable bonds is 6. The highest BCUT2D eigenvalue weighted by atomic mass is 32.2. The first-order valence-corrected chi connectivity index (χ1v) is 10.5. The van der Waals surface area contributed by atoms with Gasteiger partial charge in [-0.1, -0.05) is 23.4 Å². The molecule has 2 heterocycles. The van der Waals surface area contributed by atoms with Crippen LogP contribution in [0.15, 0.2) is 28.8 Å². The molecule has 6 nitrogen and oxygen atoms in total. The summed E-state index contributed by atoms with van der Waals surface area (Å²) in [5.41, 5.74) is 2.98. The molecule has 0 bridgehead atoms. The molecule has 1 aromatic heterocycles. The molecule has 0 spiro atoms. The Bertz CT molecular complexity index is 752. The lowest BCUT2D eigenvalue weighted by molar-refractivity contribution is 0.131. The van der Waals surface area contributed by atoms with Gasteiger partial charge in [0.05, 0.1) is 11.6 Å². The van der Waals surface area contributed by atoms with E-state index >= 15 is 0 Å². The SMILES string of the molecule is Cc1ccccc1OC(=O)N(CSCc1c(C)noc1C)C1CCNCC1. The topological polar surface area (TPSA) is 67.6 Å². The lowest BCUT2D eigenvalue weighted by atomic mass is 10.1. The molecule has 0 radical (unpaired) electrons. The molecule has 146 valence electrons. The van der Waals surface area contributed by atoms with E-state index in [0.29, 0.717) is 11.6 Å². The van der Waals surface area contributed by atoms with E-state index in [9.17, 15) is 4.79 Å². The number of carbonyl (C=O) groups excluding carboxylic acids is 1. The average Bonchev–Trinajstić information content (AvgIpc) is 2.99. The summed E-state index contributed by atoms with van der Waals surface area (Å²) < 4.78 is 11.0. The van der Waals surface area contributed by atoms with Crippen LogP contribution in [0.25, 0.3) is 0 Å². The maximum absolute atomic E-state index is 12.9. The number of piperidine rings is 1. The molecule has 1 aliphatic heterocycles. The highest BCUT2D eigenvalue weighted by Gasteiger charge is 2.27. The summed E-state index contributed by atoms with van der Waals surface area (Å²) in [6.45, 7) is 7.67. The van der Waals surface area contributed by atoms with E-state index in [1.807, 2.05) is 49.9 Å². The van der Waals surface area contributed by atoms with Crippen LogP contribution in [-0.2, 0) is 5.75 Å². The van der Waals surface area contributed by atoms with Gasteiger partial charge in [-0.2, -0.15) is 0 Å². The summed E-state index contributed by atoms with van der Waals surface area (Å²) in [5, 5.41) is 7.36. The van der Waals surface area contributed by atoms with Gasteiger partial charge in [-0.15, -0.1) is 11.8 Å². The minimum absolute atomic E-state index is 0.194. The first-order chi connectivity index (χ1) is 13.1. The number of ether oxygens (including phenoxy) is 1. The van der Waals surface area contributed by atoms with Gasteiger partial charge in [0, 0.05) is 17.4 Å². The molecule has 7 heteroatoms. The zero-order valence-electron chi connectivity index (χ0n) is 16.2. The standard InChI is InChI=1S/C20H27N3O3S/c1-14-6-4-5-7-19(14)25-20(24)23(17-8-10-21-11-9-17)13-27-12-18-15(2)22-26-16(18)3/h4-7,17,21H,8-13H2,1-3H3. The van der Waals surface area contributed by atoms with Gasteiger partial charge in [-0.05, 0) is 58.3 Å². The smallest absolute Gasteiger partial charge is 0.410 e. The Morgan fingerprint density at radius 3 is 2.70 bits per heavy atom. The molecule has 2 aromatic rings. The van der Waals surface area contributed by atoms with Crippen LogP contribution in [0.5, 0.6) is 5.75 Å². The molecule has 1 aliphatic rings. The van der Waals surface area contributed by atoms with Crippen LogP contribution in [0.3, 0.4) is 0 Å². The minimum atomic E-state index is -0.275. The van der Waals surface area contributed by atoms with E-state index in [2.05, 4.69) is 10.5 Å². The van der Waals surface area contributed by atoms with Crippen LogP contribution >= 0.6 is 11.8 Å². The highest BCUT2D eigenvalue weighted by Crippen LogP contribution is 2.24. The van der Waals surface area contributed by atoms with Gasteiger partial charge in [0.1, 0.15) is 11.5 Å². The van der Waals surface area contributed by atoms with Gasteiger partial charge in [0.25, 0.3) is 0 Å². The second-order valence-electron chi connectivity index (χ2n) is 6.86. The second-order valence-corrected chi connectivity index (χ2v) is 7.82. The summed E-state index contributed by atoms with van der Waals surface area (Å²) in [6, 6.07) is 7.81. The van der Waals surface area contributed by atoms with Crippen LogP contribution in [-0.4, -0.2) is 41.2 Å². The summed E-state index contributed by atoms with van der Waals surface area (Å²) >= 11 is 1.69. The van der Waals surface area contributed by atoms with Crippen LogP contribution in [0.2, 0.25) is 0 Å². The van der Waals surface area contributed by atoms with Gasteiger partial charge >= 0.3 is 6.09 Å². The van der Waals surface area contributed by atoms with Crippen LogP contribution < -0.4 is 10.1 Å². The Kier molecular flexibility index (Phi) is 6.79. The fraction of sp³-hybridized carbons (Fsp3) is 0.500. The van der Waals surface area contributed by atoms with Crippen molar-refractivity contribution in [2.24, 2.45) is 0 Å². The molecule has 1 saturated heterocycles. The number of hydrogen-bond donors (Lipinski definition) is 1. The van der Waals surface area contributed by atoms with Crippen molar-refractivity contribution in [3.63, 3.8) is 0 Å². The highest BCUT2D eigenvalue weighted by molar-refractivity contribution is 7.98. The zero-order valence-corrected chi connectivity index (χ0v) is 17.0. The lowest BCUT2D eigenvalue weighted by Crippen LogP contribution is -2.47. The summed E-state index contributed by atoms with van der Waals surface area (Å²) in [5.74, 6) is 2.81. The number of carbonyl (C=O) groups is 1. The zero-order chi connectivity index (χ0) is 19.2. The van der Waals surface area contributed by atoms with Gasteiger partial charge in [0.15, 0.2) is 0 Å². The summed E-state index contributed by atoms with van der Waals surface area (Å²) in [6.07, 6.45) is 1.60. The summed E-state index contributed by atoms with van der Waals surface area (Å²) in [4.78, 5) is 14.8. The molecular weight excluding hydrogens is 362 g/mol. The van der Waals surface area contributed by atoms with Crippen molar-refractivity contribution in [3.8, 4) is 5.75 Å². The van der Waals surface area contributed by atoms with Crippen molar-refractivity contribution >= 4 is 17.9 Å². The van der Waals surface area contributed by atoms with Gasteiger partial charge in [0.2, 0.25) is 0 Å². The number of hydrogen-bond acceptors (Lipinski definition) is 6. The first-order valence-electron chi connectivity index (χ1n) is 9.30. The molecule has 1 aromatic carbocycles. The van der Waals surface area contributed by atoms with Crippen molar-refractivity contribution < 1.29 is 14.1 Å². The second kappa shape index (κ2) is 9.28. The van der Waals surface area contributed by atoms with Gasteiger partial charge in [-0.3, -0.25) is 4.90 Å². The van der Waals surface area contributed by atoms with Crippen molar-refractivity contribution in [2.45, 2.75) is 45.4 Å². The molecule has 3 rings (SSSR count). The fourth-order valence-electron chi connectivity index (χ4n) is 3.20. The molecule has 27 heavy (non-hydrogen) atoms. The number of benzene rings is 1. The van der Waals surface area contributed by atoms with E-state index in [1.54, 1.807) is 11.8 Å². The maximum atomic E-state index is 12.9. The minimum Gasteiger partial charge on any atom is -0.410 e. The van der Waals surface area contributed by atoms with Crippen LogP contribution in [0.4, 0.5) is 4.79 Å². The van der Waals surface area contributed by atoms with Crippen molar-refractivity contribution in [1.29, 1.82) is 0 Å². The number of amides is 1. The normalized spacial score (nSPS) is 14.9. The third-order valence-electron chi connectivity index (χ3n) is 4.93. The molecular formula is C20H27N3O3S. The molecule has 0 atom stereocenters. The third kappa shape index (κ3) is 5.05. The Morgan fingerprint density at radius 1 is 1.30 bits per heavy atom. The number of nitrogens with zero attached hydrogens (tertiary/aromatic N) is 2. The Hall–Kier alpha value is -1.99. The Balaban J connectivity index is 1.66. The predicted molar refractivity (Wildman–Crippen MR) is 107 cm³/mol.